The van der Waals surface area contributed by atoms with E-state index >= 15 is 0 Å². The molecule has 0 fully saturated rings. The summed E-state index contributed by atoms with van der Waals surface area (Å²) in [5.41, 5.74) is 0. The molecule has 0 aromatic carbocycles. The number of carbonyl (C=O) groups is 4. The van der Waals surface area contributed by atoms with Crippen LogP contribution in [0.4, 0.5) is 0 Å². The molecule has 0 heterocycles. The van der Waals surface area contributed by atoms with Crippen molar-refractivity contribution in [1.29, 1.82) is 0 Å². The molecule has 0 aromatic heterocycles. The highest BCUT2D eigenvalue weighted by Crippen LogP contribution is 2.45. The van der Waals surface area contributed by atoms with Crippen molar-refractivity contribution in [2.75, 3.05) is 39.6 Å². The first-order valence-corrected chi connectivity index (χ1v) is 43.2. The third-order valence-electron chi connectivity index (χ3n) is 18.1. The maximum Gasteiger partial charge on any atom is 0.472 e. The first-order chi connectivity index (χ1) is 46.6. The van der Waals surface area contributed by atoms with Gasteiger partial charge in [0.2, 0.25) is 0 Å². The Bertz CT molecular complexity index is 1900. The molecule has 2 unspecified atom stereocenters. The topological polar surface area (TPSA) is 237 Å². The molecular weight excluding hydrogens is 1270 g/mol. The van der Waals surface area contributed by atoms with E-state index in [9.17, 15) is 43.2 Å². The summed E-state index contributed by atoms with van der Waals surface area (Å²) in [6.07, 6.45) is 52.7. The summed E-state index contributed by atoms with van der Waals surface area (Å²) in [4.78, 5) is 72.9. The Hall–Kier alpha value is -1.94. The second kappa shape index (κ2) is 67.2. The van der Waals surface area contributed by atoms with Crippen molar-refractivity contribution >= 4 is 39.5 Å². The van der Waals surface area contributed by atoms with E-state index in [1.807, 2.05) is 0 Å². The Kier molecular flexibility index (Phi) is 65.9. The molecule has 0 amide bonds. The number of phosphoric ester groups is 2. The molecule has 17 nitrogen and oxygen atoms in total. The Morgan fingerprint density at radius 3 is 0.639 bits per heavy atom. The number of carbonyl (C=O) groups excluding carboxylic acids is 4. The van der Waals surface area contributed by atoms with E-state index in [1.54, 1.807) is 0 Å². The Labute approximate surface area is 594 Å². The molecule has 0 radical (unpaired) electrons. The smallest absolute Gasteiger partial charge is 0.462 e. The van der Waals surface area contributed by atoms with Gasteiger partial charge in [0.05, 0.1) is 26.4 Å². The molecule has 97 heavy (non-hydrogen) atoms. The van der Waals surface area contributed by atoms with Crippen LogP contribution in [0.15, 0.2) is 0 Å². The Morgan fingerprint density at radius 2 is 0.433 bits per heavy atom. The van der Waals surface area contributed by atoms with Crippen LogP contribution in [0.1, 0.15) is 396 Å². The van der Waals surface area contributed by atoms with E-state index in [1.165, 1.54) is 199 Å². The number of phosphoric acid groups is 2. The summed E-state index contributed by atoms with van der Waals surface area (Å²) in [7, 11) is -9.92. The zero-order valence-electron chi connectivity index (χ0n) is 63.7. The number of aliphatic hydroxyl groups is 1. The van der Waals surface area contributed by atoms with Crippen molar-refractivity contribution in [3.05, 3.63) is 0 Å². The summed E-state index contributed by atoms with van der Waals surface area (Å²) in [6, 6.07) is 0. The summed E-state index contributed by atoms with van der Waals surface area (Å²) < 4.78 is 68.6. The average Bonchev–Trinajstić information content (AvgIpc) is 1.56. The first kappa shape index (κ1) is 95.1. The fourth-order valence-electron chi connectivity index (χ4n) is 11.9. The van der Waals surface area contributed by atoms with E-state index in [2.05, 4.69) is 55.4 Å². The number of aliphatic hydroxyl groups excluding tert-OH is 1. The highest BCUT2D eigenvalue weighted by atomic mass is 31.2. The molecule has 576 valence electrons. The lowest BCUT2D eigenvalue weighted by Crippen LogP contribution is -2.30. The summed E-state index contributed by atoms with van der Waals surface area (Å²) in [5, 5.41) is 10.6. The lowest BCUT2D eigenvalue weighted by molar-refractivity contribution is -0.161. The van der Waals surface area contributed by atoms with Crippen molar-refractivity contribution in [2.45, 2.75) is 414 Å². The second-order valence-electron chi connectivity index (χ2n) is 30.0. The summed E-state index contributed by atoms with van der Waals surface area (Å²) >= 11 is 0. The van der Waals surface area contributed by atoms with Gasteiger partial charge in [0, 0.05) is 25.7 Å². The normalized spacial score (nSPS) is 14.1. The van der Waals surface area contributed by atoms with Crippen LogP contribution in [0, 0.1) is 23.7 Å². The quantitative estimate of drug-likeness (QED) is 0.0222. The van der Waals surface area contributed by atoms with Gasteiger partial charge < -0.3 is 33.8 Å². The molecule has 5 atom stereocenters. The van der Waals surface area contributed by atoms with Crippen molar-refractivity contribution in [3.8, 4) is 0 Å². The first-order valence-electron chi connectivity index (χ1n) is 40.2. The lowest BCUT2D eigenvalue weighted by atomic mass is 10.0. The maximum absolute atomic E-state index is 13.1. The standard InChI is InChI=1S/C78H152O17P2/c1-68(2)54-46-38-30-22-16-12-10-9-11-13-19-27-36-44-52-60-77(82)94-73(64-88-75(80)58-50-42-34-26-18-15-14-17-23-31-39-47-55-69(3)4)66-92-96(84,85)90-62-72(79)63-91-97(86,87)93-67-74(95-78(83)61-53-45-37-29-21-25-33-41-49-57-71(7)8)65-89-76(81)59-51-43-35-28-20-24-32-40-48-56-70(5)6/h68-74,79H,9-67H2,1-8H3,(H,84,85)(H,86,87)/t72-,73-,74-/m1/s1. The molecule has 0 aliphatic heterocycles. The largest absolute Gasteiger partial charge is 0.472 e. The van der Waals surface area contributed by atoms with Crippen molar-refractivity contribution in [3.63, 3.8) is 0 Å². The maximum atomic E-state index is 13.1. The van der Waals surface area contributed by atoms with Crippen LogP contribution in [-0.4, -0.2) is 96.7 Å². The number of hydrogen-bond acceptors (Lipinski definition) is 15. The van der Waals surface area contributed by atoms with Gasteiger partial charge in [-0.05, 0) is 49.4 Å². The molecule has 0 aromatic rings. The van der Waals surface area contributed by atoms with Crippen LogP contribution in [0.5, 0.6) is 0 Å². The van der Waals surface area contributed by atoms with Gasteiger partial charge in [0.25, 0.3) is 0 Å². The fraction of sp³-hybridized carbons (Fsp3) is 0.949. The number of hydrogen-bond donors (Lipinski definition) is 3. The van der Waals surface area contributed by atoms with E-state index in [0.717, 1.165) is 114 Å². The van der Waals surface area contributed by atoms with Gasteiger partial charge in [0.1, 0.15) is 19.3 Å². The molecule has 0 aliphatic carbocycles. The van der Waals surface area contributed by atoms with Crippen LogP contribution in [-0.2, 0) is 65.4 Å². The number of unbranched alkanes of at least 4 members (excludes halogenated alkanes) is 41. The van der Waals surface area contributed by atoms with E-state index in [-0.39, 0.29) is 25.7 Å². The minimum absolute atomic E-state index is 0.105. The summed E-state index contributed by atoms with van der Waals surface area (Å²) in [5.74, 6) is 0.947. The molecule has 0 saturated carbocycles. The number of esters is 4. The monoisotopic (exact) mass is 1420 g/mol. The second-order valence-corrected chi connectivity index (χ2v) is 32.9. The van der Waals surface area contributed by atoms with Crippen LogP contribution < -0.4 is 0 Å². The van der Waals surface area contributed by atoms with E-state index in [0.29, 0.717) is 25.7 Å². The fourth-order valence-corrected chi connectivity index (χ4v) is 13.5. The van der Waals surface area contributed by atoms with Gasteiger partial charge in [-0.25, -0.2) is 9.13 Å². The van der Waals surface area contributed by atoms with Crippen molar-refractivity contribution in [2.24, 2.45) is 23.7 Å². The van der Waals surface area contributed by atoms with Gasteiger partial charge in [-0.2, -0.15) is 0 Å². The molecule has 0 rings (SSSR count). The SMILES string of the molecule is CC(C)CCCCCCCCCCCCCCCCCC(=O)O[C@H](COC(=O)CCCCCCCCCCCCCCC(C)C)COP(=O)(O)OC[C@@H](O)COP(=O)(O)OC[C@@H](COC(=O)CCCCCCCCCCCC(C)C)OC(=O)CCCCCCCCCCCC(C)C. The number of ether oxygens (including phenoxy) is 4. The highest BCUT2D eigenvalue weighted by molar-refractivity contribution is 7.47. The minimum atomic E-state index is -4.96. The van der Waals surface area contributed by atoms with Crippen LogP contribution in [0.2, 0.25) is 0 Å². The molecule has 0 saturated heterocycles. The third kappa shape index (κ3) is 72.2. The average molecular weight is 1420 g/mol. The predicted octanol–water partition coefficient (Wildman–Crippen LogP) is 22.8. The van der Waals surface area contributed by atoms with Gasteiger partial charge in [-0.3, -0.25) is 37.3 Å². The third-order valence-corrected chi connectivity index (χ3v) is 20.0. The van der Waals surface area contributed by atoms with Gasteiger partial charge >= 0.3 is 39.5 Å². The molecule has 0 aliphatic rings. The molecule has 0 bridgehead atoms. The van der Waals surface area contributed by atoms with Gasteiger partial charge in [-0.1, -0.05) is 344 Å². The lowest BCUT2D eigenvalue weighted by Gasteiger charge is -2.21. The summed E-state index contributed by atoms with van der Waals surface area (Å²) in [6.45, 7) is 14.2. The van der Waals surface area contributed by atoms with E-state index in [4.69, 9.17) is 37.0 Å². The minimum Gasteiger partial charge on any atom is -0.462 e. The highest BCUT2D eigenvalue weighted by Gasteiger charge is 2.30. The van der Waals surface area contributed by atoms with Crippen molar-refractivity contribution in [1.82, 2.24) is 0 Å². The van der Waals surface area contributed by atoms with E-state index < -0.39 is 97.5 Å². The molecular formula is C78H152O17P2. The Morgan fingerprint density at radius 1 is 0.258 bits per heavy atom. The van der Waals surface area contributed by atoms with Crippen LogP contribution in [0.25, 0.3) is 0 Å². The van der Waals surface area contributed by atoms with Crippen LogP contribution in [0.3, 0.4) is 0 Å². The zero-order valence-corrected chi connectivity index (χ0v) is 65.5. The number of rotatable bonds is 75. The van der Waals surface area contributed by atoms with Crippen molar-refractivity contribution < 1.29 is 80.2 Å². The Balaban J connectivity index is 5.26. The predicted molar refractivity (Wildman–Crippen MR) is 395 cm³/mol. The molecule has 19 heteroatoms. The zero-order chi connectivity index (χ0) is 71.7. The van der Waals surface area contributed by atoms with Gasteiger partial charge in [0.15, 0.2) is 12.2 Å². The molecule has 0 spiro atoms. The molecule has 3 N–H and O–H groups in total. The van der Waals surface area contributed by atoms with Crippen LogP contribution >= 0.6 is 15.6 Å². The van der Waals surface area contributed by atoms with Gasteiger partial charge in [-0.15, -0.1) is 0 Å².